The number of carbonyl (C=O) groups excluding carboxylic acids is 1. The summed E-state index contributed by atoms with van der Waals surface area (Å²) >= 11 is 1.72. The van der Waals surface area contributed by atoms with Crippen LogP contribution in [0, 0.1) is 0 Å². The molecule has 1 fully saturated rings. The van der Waals surface area contributed by atoms with Crippen LogP contribution < -0.4 is 5.32 Å². The summed E-state index contributed by atoms with van der Waals surface area (Å²) in [6.07, 6.45) is -2.66. The molecule has 0 saturated heterocycles. The minimum Gasteiger partial charge on any atom is -0.440 e. The van der Waals surface area contributed by atoms with Gasteiger partial charge in [0.2, 0.25) is 0 Å². The second kappa shape index (κ2) is 6.37. The molecule has 1 saturated carbocycles. The summed E-state index contributed by atoms with van der Waals surface area (Å²) < 4.78 is 39.6. The molecule has 1 aliphatic carbocycles. The molecule has 1 aliphatic rings. The highest BCUT2D eigenvalue weighted by Crippen LogP contribution is 2.29. The molecule has 2 atom stereocenters. The van der Waals surface area contributed by atoms with Crippen molar-refractivity contribution in [1.29, 1.82) is 0 Å². The molecule has 0 heterocycles. The molecule has 7 heteroatoms. The number of carbonyl (C=O) groups is 1. The third kappa shape index (κ3) is 5.52. The third-order valence-corrected chi connectivity index (χ3v) is 3.83. The number of amides is 1. The Labute approximate surface area is 102 Å². The van der Waals surface area contributed by atoms with Crippen molar-refractivity contribution >= 4 is 17.9 Å². The summed E-state index contributed by atoms with van der Waals surface area (Å²) in [7, 11) is 0. The molecule has 0 bridgehead atoms. The maximum Gasteiger partial charge on any atom is 0.422 e. The number of ether oxygens (including phenoxy) is 1. The van der Waals surface area contributed by atoms with E-state index in [1.54, 1.807) is 11.8 Å². The summed E-state index contributed by atoms with van der Waals surface area (Å²) in [5.41, 5.74) is 0. The highest BCUT2D eigenvalue weighted by atomic mass is 32.2. The van der Waals surface area contributed by atoms with Gasteiger partial charge in [-0.05, 0) is 18.6 Å². The van der Waals surface area contributed by atoms with Crippen LogP contribution in [0.5, 0.6) is 0 Å². The van der Waals surface area contributed by atoms with Crippen molar-refractivity contribution in [3.63, 3.8) is 0 Å². The second-order valence-electron chi connectivity index (χ2n) is 3.87. The first-order valence-corrected chi connectivity index (χ1v) is 6.59. The van der Waals surface area contributed by atoms with Crippen molar-refractivity contribution in [2.45, 2.75) is 43.7 Å². The second-order valence-corrected chi connectivity index (χ2v) is 5.38. The number of nitrogens with one attached hydrogen (secondary N) is 1. The van der Waals surface area contributed by atoms with Crippen molar-refractivity contribution in [3.05, 3.63) is 0 Å². The first kappa shape index (κ1) is 14.5. The van der Waals surface area contributed by atoms with E-state index >= 15 is 0 Å². The molecule has 1 N–H and O–H groups in total. The van der Waals surface area contributed by atoms with Gasteiger partial charge in [-0.1, -0.05) is 13.3 Å². The van der Waals surface area contributed by atoms with Crippen LogP contribution in [0.3, 0.4) is 0 Å². The summed E-state index contributed by atoms with van der Waals surface area (Å²) in [5.74, 6) is 0.931. The molecule has 0 aromatic heterocycles. The van der Waals surface area contributed by atoms with E-state index in [0.717, 1.165) is 25.0 Å². The molecule has 2 unspecified atom stereocenters. The number of hydrogen-bond acceptors (Lipinski definition) is 3. The van der Waals surface area contributed by atoms with Gasteiger partial charge in [-0.25, -0.2) is 4.79 Å². The van der Waals surface area contributed by atoms with Gasteiger partial charge in [0.1, 0.15) is 0 Å². The van der Waals surface area contributed by atoms with Gasteiger partial charge >= 0.3 is 12.3 Å². The predicted octanol–water partition coefficient (Wildman–Crippen LogP) is 2.95. The Morgan fingerprint density at radius 1 is 1.47 bits per heavy atom. The average molecular weight is 271 g/mol. The Hall–Kier alpha value is -0.590. The molecule has 0 aromatic rings. The van der Waals surface area contributed by atoms with E-state index in [-0.39, 0.29) is 6.04 Å². The summed E-state index contributed by atoms with van der Waals surface area (Å²) in [6.45, 7) is 0.485. The lowest BCUT2D eigenvalue weighted by molar-refractivity contribution is -0.160. The Bertz CT molecular complexity index is 260. The van der Waals surface area contributed by atoms with Crippen molar-refractivity contribution in [2.24, 2.45) is 0 Å². The standard InChI is InChI=1S/C10H16F3NO2S/c1-2-17-8-5-3-4-7(8)14-9(15)16-6-10(11,12)13/h7-8H,2-6H2,1H3,(H,14,15). The maximum atomic E-state index is 11.8. The zero-order valence-corrected chi connectivity index (χ0v) is 10.4. The Morgan fingerprint density at radius 3 is 2.76 bits per heavy atom. The van der Waals surface area contributed by atoms with E-state index in [1.807, 2.05) is 6.92 Å². The Kier molecular flexibility index (Phi) is 5.42. The van der Waals surface area contributed by atoms with Crippen LogP contribution in [0.2, 0.25) is 0 Å². The zero-order valence-electron chi connectivity index (χ0n) is 9.55. The lowest BCUT2D eigenvalue weighted by Crippen LogP contribution is -2.40. The quantitative estimate of drug-likeness (QED) is 0.854. The van der Waals surface area contributed by atoms with Gasteiger partial charge in [0, 0.05) is 11.3 Å². The van der Waals surface area contributed by atoms with Gasteiger partial charge in [0.25, 0.3) is 0 Å². The maximum absolute atomic E-state index is 11.8. The Morgan fingerprint density at radius 2 is 2.18 bits per heavy atom. The fraction of sp³-hybridized carbons (Fsp3) is 0.900. The van der Waals surface area contributed by atoms with Crippen LogP contribution >= 0.6 is 11.8 Å². The molecule has 1 amide bonds. The molecule has 0 aromatic carbocycles. The number of thioether (sulfide) groups is 1. The van der Waals surface area contributed by atoms with E-state index < -0.39 is 18.9 Å². The number of alkyl carbamates (subject to hydrolysis) is 1. The molecular formula is C10H16F3NO2S. The number of alkyl halides is 3. The van der Waals surface area contributed by atoms with Crippen LogP contribution in [-0.2, 0) is 4.74 Å². The van der Waals surface area contributed by atoms with Crippen LogP contribution in [0.1, 0.15) is 26.2 Å². The monoisotopic (exact) mass is 271 g/mol. The Balaban J connectivity index is 2.30. The SMILES string of the molecule is CCSC1CCCC1NC(=O)OCC(F)(F)F. The fourth-order valence-corrected chi connectivity index (χ4v) is 3.04. The lowest BCUT2D eigenvalue weighted by atomic mass is 10.2. The van der Waals surface area contributed by atoms with Gasteiger partial charge in [-0.15, -0.1) is 0 Å². The first-order chi connectivity index (χ1) is 7.92. The highest BCUT2D eigenvalue weighted by molar-refractivity contribution is 7.99. The largest absolute Gasteiger partial charge is 0.440 e. The van der Waals surface area contributed by atoms with Gasteiger partial charge in [0.15, 0.2) is 6.61 Å². The van der Waals surface area contributed by atoms with E-state index in [9.17, 15) is 18.0 Å². The molecule has 17 heavy (non-hydrogen) atoms. The molecule has 1 rings (SSSR count). The van der Waals surface area contributed by atoms with Crippen molar-refractivity contribution in [1.82, 2.24) is 5.32 Å². The molecule has 0 spiro atoms. The number of hydrogen-bond donors (Lipinski definition) is 1. The van der Waals surface area contributed by atoms with Gasteiger partial charge in [-0.3, -0.25) is 0 Å². The normalized spacial score (nSPS) is 24.7. The molecular weight excluding hydrogens is 255 g/mol. The van der Waals surface area contributed by atoms with Crippen molar-refractivity contribution < 1.29 is 22.7 Å². The first-order valence-electron chi connectivity index (χ1n) is 5.54. The summed E-state index contributed by atoms with van der Waals surface area (Å²) in [6, 6.07) is -0.0688. The zero-order chi connectivity index (χ0) is 12.9. The fourth-order valence-electron chi connectivity index (χ4n) is 1.85. The van der Waals surface area contributed by atoms with Crippen molar-refractivity contribution in [2.75, 3.05) is 12.4 Å². The minimum absolute atomic E-state index is 0.0688. The van der Waals surface area contributed by atoms with Crippen LogP contribution in [0.4, 0.5) is 18.0 Å². The number of halogens is 3. The smallest absolute Gasteiger partial charge is 0.422 e. The van der Waals surface area contributed by atoms with E-state index in [2.05, 4.69) is 10.1 Å². The number of rotatable bonds is 4. The molecule has 100 valence electrons. The lowest BCUT2D eigenvalue weighted by Gasteiger charge is -2.20. The van der Waals surface area contributed by atoms with Crippen molar-refractivity contribution in [3.8, 4) is 0 Å². The molecule has 0 radical (unpaired) electrons. The van der Waals surface area contributed by atoms with E-state index in [1.165, 1.54) is 0 Å². The van der Waals surface area contributed by atoms with E-state index in [4.69, 9.17) is 0 Å². The van der Waals surface area contributed by atoms with Gasteiger partial charge in [-0.2, -0.15) is 24.9 Å². The average Bonchev–Trinajstić information content (AvgIpc) is 2.63. The van der Waals surface area contributed by atoms with Crippen LogP contribution in [0.25, 0.3) is 0 Å². The third-order valence-electron chi connectivity index (χ3n) is 2.50. The highest BCUT2D eigenvalue weighted by Gasteiger charge is 2.32. The van der Waals surface area contributed by atoms with E-state index in [0.29, 0.717) is 5.25 Å². The summed E-state index contributed by atoms with van der Waals surface area (Å²) in [4.78, 5) is 11.2. The van der Waals surface area contributed by atoms with Gasteiger partial charge in [0.05, 0.1) is 0 Å². The van der Waals surface area contributed by atoms with Crippen LogP contribution in [-0.4, -0.2) is 35.9 Å². The topological polar surface area (TPSA) is 38.3 Å². The van der Waals surface area contributed by atoms with Gasteiger partial charge < -0.3 is 10.1 Å². The predicted molar refractivity (Wildman–Crippen MR) is 60.1 cm³/mol. The molecule has 3 nitrogen and oxygen atoms in total. The minimum atomic E-state index is -4.47. The molecule has 0 aliphatic heterocycles. The van der Waals surface area contributed by atoms with Crippen LogP contribution in [0.15, 0.2) is 0 Å². The summed E-state index contributed by atoms with van der Waals surface area (Å²) in [5, 5.41) is 2.79.